The van der Waals surface area contributed by atoms with Gasteiger partial charge in [-0.05, 0) is 31.2 Å². The lowest BCUT2D eigenvalue weighted by Gasteiger charge is -2.10. The summed E-state index contributed by atoms with van der Waals surface area (Å²) < 4.78 is 10.2. The van der Waals surface area contributed by atoms with Gasteiger partial charge in [0.25, 0.3) is 5.91 Å². The molecular formula is C19H15Cl2N3O4S. The van der Waals surface area contributed by atoms with E-state index in [2.05, 4.69) is 15.5 Å². The van der Waals surface area contributed by atoms with Gasteiger partial charge >= 0.3 is 5.97 Å². The zero-order valence-corrected chi connectivity index (χ0v) is 17.5. The van der Waals surface area contributed by atoms with Crippen LogP contribution in [0.2, 0.25) is 10.0 Å². The molecule has 0 aliphatic rings. The number of carbonyl (C=O) groups excluding carboxylic acids is 2. The lowest BCUT2D eigenvalue weighted by Crippen LogP contribution is -2.21. The number of amides is 1. The maximum Gasteiger partial charge on any atom is 0.339 e. The lowest BCUT2D eigenvalue weighted by molar-refractivity contribution is -0.119. The number of aromatic nitrogens is 2. The molecular weight excluding hydrogens is 437 g/mol. The number of aryl methyl sites for hydroxylation is 1. The van der Waals surface area contributed by atoms with E-state index < -0.39 is 18.5 Å². The van der Waals surface area contributed by atoms with E-state index in [1.54, 1.807) is 49.4 Å². The Kier molecular flexibility index (Phi) is 7.13. The van der Waals surface area contributed by atoms with E-state index in [0.717, 1.165) is 0 Å². The molecule has 0 bridgehead atoms. The predicted octanol–water partition coefficient (Wildman–Crippen LogP) is 4.77. The molecule has 0 spiro atoms. The summed E-state index contributed by atoms with van der Waals surface area (Å²) in [4.78, 5) is 29.3. The number of anilines is 1. The molecule has 0 fully saturated rings. The monoisotopic (exact) mass is 451 g/mol. The maximum absolute atomic E-state index is 12.4. The van der Waals surface area contributed by atoms with Crippen LogP contribution in [-0.4, -0.2) is 28.6 Å². The molecule has 0 aliphatic carbocycles. The summed E-state index contributed by atoms with van der Waals surface area (Å²) in [6.45, 7) is 1.26. The third-order valence-electron chi connectivity index (χ3n) is 3.59. The molecule has 0 radical (unpaired) electrons. The SMILES string of the molecule is Cc1noc(CSc2ccccc2C(=O)OCC(=O)Nc2cccc(Cl)c2Cl)n1. The molecule has 0 saturated heterocycles. The fraction of sp³-hybridized carbons (Fsp3) is 0.158. The Balaban J connectivity index is 1.59. The molecule has 29 heavy (non-hydrogen) atoms. The Bertz CT molecular complexity index is 1040. The molecule has 3 rings (SSSR count). The summed E-state index contributed by atoms with van der Waals surface area (Å²) in [6.07, 6.45) is 0. The largest absolute Gasteiger partial charge is 0.452 e. The zero-order chi connectivity index (χ0) is 20.8. The number of esters is 1. The number of thioether (sulfide) groups is 1. The van der Waals surface area contributed by atoms with Crippen molar-refractivity contribution in [2.45, 2.75) is 17.6 Å². The third-order valence-corrected chi connectivity index (χ3v) is 5.46. The molecule has 0 saturated carbocycles. The molecule has 0 unspecified atom stereocenters. The van der Waals surface area contributed by atoms with Crippen LogP contribution in [0.5, 0.6) is 0 Å². The second-order valence-electron chi connectivity index (χ2n) is 5.75. The number of hydrogen-bond acceptors (Lipinski definition) is 7. The van der Waals surface area contributed by atoms with Gasteiger partial charge in [0.15, 0.2) is 12.4 Å². The molecule has 1 amide bonds. The smallest absolute Gasteiger partial charge is 0.339 e. The summed E-state index contributed by atoms with van der Waals surface area (Å²) in [5.74, 6) is 0.238. The number of hydrogen-bond donors (Lipinski definition) is 1. The van der Waals surface area contributed by atoms with Gasteiger partial charge in [0.05, 0.1) is 27.0 Å². The number of rotatable bonds is 7. The Labute approximate surface area is 180 Å². The average Bonchev–Trinajstić information content (AvgIpc) is 3.13. The fourth-order valence-electron chi connectivity index (χ4n) is 2.29. The van der Waals surface area contributed by atoms with Crippen LogP contribution in [0.3, 0.4) is 0 Å². The second kappa shape index (κ2) is 9.78. The molecule has 1 heterocycles. The van der Waals surface area contributed by atoms with E-state index in [0.29, 0.717) is 38.6 Å². The Morgan fingerprint density at radius 1 is 1.17 bits per heavy atom. The topological polar surface area (TPSA) is 94.3 Å². The first kappa shape index (κ1) is 21.2. The van der Waals surface area contributed by atoms with Gasteiger partial charge in [-0.1, -0.05) is 46.6 Å². The van der Waals surface area contributed by atoms with Crippen molar-refractivity contribution in [3.8, 4) is 0 Å². The highest BCUT2D eigenvalue weighted by molar-refractivity contribution is 7.98. The quantitative estimate of drug-likeness (QED) is 0.408. The Morgan fingerprint density at radius 3 is 2.72 bits per heavy atom. The molecule has 7 nitrogen and oxygen atoms in total. The first-order valence-corrected chi connectivity index (χ1v) is 10.1. The molecule has 1 aromatic heterocycles. The first-order chi connectivity index (χ1) is 13.9. The molecule has 1 N–H and O–H groups in total. The zero-order valence-electron chi connectivity index (χ0n) is 15.1. The fourth-order valence-corrected chi connectivity index (χ4v) is 3.52. The molecule has 0 atom stereocenters. The Hall–Kier alpha value is -2.55. The van der Waals surface area contributed by atoms with E-state index in [1.807, 2.05) is 0 Å². The molecule has 0 aliphatic heterocycles. The van der Waals surface area contributed by atoms with Crippen LogP contribution in [0.15, 0.2) is 51.9 Å². The highest BCUT2D eigenvalue weighted by atomic mass is 35.5. The summed E-state index contributed by atoms with van der Waals surface area (Å²) >= 11 is 13.3. The van der Waals surface area contributed by atoms with Crippen molar-refractivity contribution in [1.29, 1.82) is 0 Å². The standard InChI is InChI=1S/C19H15Cl2N3O4S/c1-11-22-17(28-24-11)10-29-15-8-3-2-5-12(15)19(26)27-9-16(25)23-14-7-4-6-13(20)18(14)21/h2-8H,9-10H2,1H3,(H,23,25). The Morgan fingerprint density at radius 2 is 1.97 bits per heavy atom. The van der Waals surface area contributed by atoms with Gasteiger partial charge in [0, 0.05) is 4.90 Å². The number of halogens is 2. The average molecular weight is 452 g/mol. The lowest BCUT2D eigenvalue weighted by atomic mass is 10.2. The predicted molar refractivity (Wildman–Crippen MR) is 110 cm³/mol. The van der Waals surface area contributed by atoms with Crippen molar-refractivity contribution in [2.24, 2.45) is 0 Å². The summed E-state index contributed by atoms with van der Waals surface area (Å²) in [5.41, 5.74) is 0.674. The minimum Gasteiger partial charge on any atom is -0.452 e. The molecule has 10 heteroatoms. The van der Waals surface area contributed by atoms with Crippen molar-refractivity contribution >= 4 is 52.5 Å². The molecule has 3 aromatic rings. The normalized spacial score (nSPS) is 10.6. The van der Waals surface area contributed by atoms with Crippen LogP contribution >= 0.6 is 35.0 Å². The van der Waals surface area contributed by atoms with E-state index in [4.69, 9.17) is 32.5 Å². The van der Waals surface area contributed by atoms with Gasteiger partial charge in [0.1, 0.15) is 0 Å². The van der Waals surface area contributed by atoms with Gasteiger partial charge in [-0.25, -0.2) is 4.79 Å². The molecule has 150 valence electrons. The summed E-state index contributed by atoms with van der Waals surface area (Å²) in [7, 11) is 0. The van der Waals surface area contributed by atoms with Crippen molar-refractivity contribution in [3.63, 3.8) is 0 Å². The van der Waals surface area contributed by atoms with E-state index >= 15 is 0 Å². The van der Waals surface area contributed by atoms with E-state index in [1.165, 1.54) is 11.8 Å². The third kappa shape index (κ3) is 5.72. The molecule has 2 aromatic carbocycles. The highest BCUT2D eigenvalue weighted by Crippen LogP contribution is 2.29. The number of nitrogens with one attached hydrogen (secondary N) is 1. The number of ether oxygens (including phenoxy) is 1. The number of benzene rings is 2. The van der Waals surface area contributed by atoms with Crippen LogP contribution in [-0.2, 0) is 15.3 Å². The van der Waals surface area contributed by atoms with Crippen LogP contribution in [0.1, 0.15) is 22.1 Å². The first-order valence-electron chi connectivity index (χ1n) is 8.36. The van der Waals surface area contributed by atoms with Crippen LogP contribution in [0, 0.1) is 6.92 Å². The second-order valence-corrected chi connectivity index (χ2v) is 7.55. The van der Waals surface area contributed by atoms with Gasteiger partial charge in [0.2, 0.25) is 5.89 Å². The van der Waals surface area contributed by atoms with Crippen LogP contribution < -0.4 is 5.32 Å². The van der Waals surface area contributed by atoms with Crippen molar-refractivity contribution in [3.05, 3.63) is 69.8 Å². The van der Waals surface area contributed by atoms with E-state index in [-0.39, 0.29) is 5.02 Å². The van der Waals surface area contributed by atoms with Gasteiger partial charge < -0.3 is 14.6 Å². The minimum absolute atomic E-state index is 0.215. The van der Waals surface area contributed by atoms with E-state index in [9.17, 15) is 9.59 Å². The van der Waals surface area contributed by atoms with Crippen LogP contribution in [0.25, 0.3) is 0 Å². The number of nitrogens with zero attached hydrogens (tertiary/aromatic N) is 2. The summed E-state index contributed by atoms with van der Waals surface area (Å²) in [5, 5.41) is 6.81. The maximum atomic E-state index is 12.4. The van der Waals surface area contributed by atoms with Crippen molar-refractivity contribution in [1.82, 2.24) is 10.1 Å². The summed E-state index contributed by atoms with van der Waals surface area (Å²) in [6, 6.07) is 11.7. The minimum atomic E-state index is -0.623. The van der Waals surface area contributed by atoms with Crippen LogP contribution in [0.4, 0.5) is 5.69 Å². The number of carbonyl (C=O) groups is 2. The van der Waals surface area contributed by atoms with Crippen molar-refractivity contribution < 1.29 is 18.8 Å². The van der Waals surface area contributed by atoms with Gasteiger partial charge in [-0.2, -0.15) is 4.98 Å². The highest BCUT2D eigenvalue weighted by Gasteiger charge is 2.16. The van der Waals surface area contributed by atoms with Gasteiger partial charge in [-0.3, -0.25) is 4.79 Å². The van der Waals surface area contributed by atoms with Gasteiger partial charge in [-0.15, -0.1) is 11.8 Å². The van der Waals surface area contributed by atoms with Crippen molar-refractivity contribution in [2.75, 3.05) is 11.9 Å².